The Labute approximate surface area is 120 Å². The number of hydrogen-bond donors (Lipinski definition) is 2. The Hall–Kier alpha value is -0.860. The van der Waals surface area contributed by atoms with Gasteiger partial charge >= 0.3 is 0 Å². The maximum absolute atomic E-state index is 9.98. The van der Waals surface area contributed by atoms with E-state index < -0.39 is 6.29 Å². The van der Waals surface area contributed by atoms with E-state index in [4.69, 9.17) is 0 Å². The van der Waals surface area contributed by atoms with E-state index in [1.807, 2.05) is 0 Å². The van der Waals surface area contributed by atoms with Gasteiger partial charge in [-0.3, -0.25) is 0 Å². The van der Waals surface area contributed by atoms with Crippen LogP contribution in [0.15, 0.2) is 24.3 Å². The van der Waals surface area contributed by atoms with E-state index in [1.165, 1.54) is 31.2 Å². The second kappa shape index (κ2) is 4.57. The van der Waals surface area contributed by atoms with Crippen molar-refractivity contribution >= 4 is 0 Å². The lowest BCUT2D eigenvalue weighted by atomic mass is 9.55. The molecule has 4 rings (SSSR count). The summed E-state index contributed by atoms with van der Waals surface area (Å²) in [6.07, 6.45) is 6.80. The molecular weight excluding hydrogens is 248 g/mol. The fraction of sp³-hybridized carbons (Fsp3) is 0.667. The van der Waals surface area contributed by atoms with Crippen LogP contribution in [0.1, 0.15) is 55.6 Å². The number of fused-ring (bicyclic) bond motifs is 5. The molecule has 3 aliphatic carbocycles. The first-order valence-corrected chi connectivity index (χ1v) is 8.16. The third kappa shape index (κ3) is 1.64. The molecule has 4 atom stereocenters. The minimum absolute atomic E-state index is 0.187. The Morgan fingerprint density at radius 2 is 1.90 bits per heavy atom. The van der Waals surface area contributed by atoms with E-state index in [9.17, 15) is 10.2 Å². The minimum Gasteiger partial charge on any atom is -0.368 e. The van der Waals surface area contributed by atoms with Crippen LogP contribution in [0.25, 0.3) is 0 Å². The van der Waals surface area contributed by atoms with Crippen LogP contribution < -0.4 is 0 Å². The largest absolute Gasteiger partial charge is 0.368 e. The van der Waals surface area contributed by atoms with Crippen molar-refractivity contribution in [1.82, 2.24) is 0 Å². The zero-order chi connectivity index (χ0) is 13.7. The summed E-state index contributed by atoms with van der Waals surface area (Å²) in [5, 5.41) is 20.0. The summed E-state index contributed by atoms with van der Waals surface area (Å²) >= 11 is 0. The molecule has 0 heterocycles. The molecule has 0 aliphatic heterocycles. The summed E-state index contributed by atoms with van der Waals surface area (Å²) in [6, 6.07) is 8.91. The molecule has 2 fully saturated rings. The van der Waals surface area contributed by atoms with Crippen LogP contribution in [-0.4, -0.2) is 16.5 Å². The lowest BCUT2D eigenvalue weighted by Crippen LogP contribution is -2.47. The summed E-state index contributed by atoms with van der Waals surface area (Å²) in [5.74, 6) is 1.85. The van der Waals surface area contributed by atoms with Crippen LogP contribution in [0.4, 0.5) is 0 Å². The van der Waals surface area contributed by atoms with E-state index in [2.05, 4.69) is 24.3 Å². The molecule has 2 heteroatoms. The molecule has 20 heavy (non-hydrogen) atoms. The summed E-state index contributed by atoms with van der Waals surface area (Å²) in [7, 11) is 0. The lowest BCUT2D eigenvalue weighted by Gasteiger charge is -2.51. The Balaban J connectivity index is 1.71. The van der Waals surface area contributed by atoms with Crippen molar-refractivity contribution in [2.75, 3.05) is 0 Å². The zero-order valence-electron chi connectivity index (χ0n) is 12.0. The molecule has 2 N–H and O–H groups in total. The number of aliphatic hydroxyl groups excluding tert-OH is 1. The van der Waals surface area contributed by atoms with Gasteiger partial charge in [0.05, 0.1) is 0 Å². The molecule has 0 amide bonds. The maximum Gasteiger partial charge on any atom is 0.157 e. The number of aryl methyl sites for hydroxylation is 1. The van der Waals surface area contributed by atoms with Gasteiger partial charge < -0.3 is 10.2 Å². The zero-order valence-corrected chi connectivity index (χ0v) is 12.0. The molecule has 2 nitrogen and oxygen atoms in total. The summed E-state index contributed by atoms with van der Waals surface area (Å²) < 4.78 is 0. The molecule has 0 bridgehead atoms. The second-order valence-corrected chi connectivity index (χ2v) is 7.15. The Morgan fingerprint density at radius 1 is 1.05 bits per heavy atom. The predicted octanol–water partition coefficient (Wildman–Crippen LogP) is 3.22. The summed E-state index contributed by atoms with van der Waals surface area (Å²) in [6.45, 7) is 0. The van der Waals surface area contributed by atoms with Crippen molar-refractivity contribution in [3.8, 4) is 0 Å². The maximum atomic E-state index is 9.98. The third-order valence-corrected chi connectivity index (χ3v) is 6.57. The van der Waals surface area contributed by atoms with Gasteiger partial charge in [0.15, 0.2) is 6.29 Å². The standard InChI is InChI=1S/C18H24O2/c19-17(20)18-10-3-6-16(18)15-8-7-12-4-1-2-5-13(12)14(15)9-11-18/h1-2,4-5,14-17,19-20H,3,6-11H2/t14-,15-,16+,18-/m1/s1. The minimum atomic E-state index is -1.12. The smallest absolute Gasteiger partial charge is 0.157 e. The molecule has 0 aromatic heterocycles. The second-order valence-electron chi connectivity index (χ2n) is 7.15. The normalized spacial score (nSPS) is 39.2. The van der Waals surface area contributed by atoms with E-state index in [-0.39, 0.29) is 5.41 Å². The highest BCUT2D eigenvalue weighted by Crippen LogP contribution is 2.61. The van der Waals surface area contributed by atoms with Crippen molar-refractivity contribution in [2.45, 2.75) is 57.2 Å². The number of benzene rings is 1. The average Bonchev–Trinajstić information content (AvgIpc) is 2.92. The van der Waals surface area contributed by atoms with E-state index in [1.54, 1.807) is 5.56 Å². The van der Waals surface area contributed by atoms with Crippen LogP contribution in [0.3, 0.4) is 0 Å². The van der Waals surface area contributed by atoms with E-state index >= 15 is 0 Å². The van der Waals surface area contributed by atoms with Crippen molar-refractivity contribution in [3.05, 3.63) is 35.4 Å². The Bertz CT molecular complexity index is 510. The van der Waals surface area contributed by atoms with Crippen LogP contribution in [0.2, 0.25) is 0 Å². The molecule has 0 radical (unpaired) electrons. The monoisotopic (exact) mass is 272 g/mol. The summed E-state index contributed by atoms with van der Waals surface area (Å²) in [4.78, 5) is 0. The van der Waals surface area contributed by atoms with Crippen molar-refractivity contribution in [3.63, 3.8) is 0 Å². The number of hydrogen-bond acceptors (Lipinski definition) is 2. The Kier molecular flexibility index (Phi) is 2.94. The van der Waals surface area contributed by atoms with Crippen molar-refractivity contribution in [2.24, 2.45) is 17.3 Å². The fourth-order valence-corrected chi connectivity index (χ4v) is 5.68. The van der Waals surface area contributed by atoms with Gasteiger partial charge in [-0.2, -0.15) is 0 Å². The quantitative estimate of drug-likeness (QED) is 0.771. The van der Waals surface area contributed by atoms with Gasteiger partial charge in [0.25, 0.3) is 0 Å². The van der Waals surface area contributed by atoms with Crippen LogP contribution in [0, 0.1) is 17.3 Å². The molecule has 3 aliphatic rings. The highest BCUT2D eigenvalue weighted by molar-refractivity contribution is 5.34. The molecule has 108 valence electrons. The predicted molar refractivity (Wildman–Crippen MR) is 78.2 cm³/mol. The molecule has 0 unspecified atom stereocenters. The van der Waals surface area contributed by atoms with Gasteiger partial charge in [-0.25, -0.2) is 0 Å². The van der Waals surface area contributed by atoms with Crippen LogP contribution in [-0.2, 0) is 6.42 Å². The van der Waals surface area contributed by atoms with Gasteiger partial charge in [-0.1, -0.05) is 30.7 Å². The molecule has 1 aromatic rings. The lowest BCUT2D eigenvalue weighted by molar-refractivity contribution is -0.175. The molecule has 0 spiro atoms. The van der Waals surface area contributed by atoms with Gasteiger partial charge in [0, 0.05) is 5.41 Å². The molecule has 1 aromatic carbocycles. The van der Waals surface area contributed by atoms with Gasteiger partial charge in [-0.15, -0.1) is 0 Å². The highest BCUT2D eigenvalue weighted by atomic mass is 16.5. The SMILES string of the molecule is OC(O)[C@@]12CCC[C@H]1[C@@H]1CCc3ccccc3[C@H]1CC2. The van der Waals surface area contributed by atoms with Gasteiger partial charge in [0.2, 0.25) is 0 Å². The number of aliphatic hydroxyl groups is 2. The average molecular weight is 272 g/mol. The van der Waals surface area contributed by atoms with Crippen LogP contribution in [0.5, 0.6) is 0 Å². The van der Waals surface area contributed by atoms with Crippen LogP contribution >= 0.6 is 0 Å². The van der Waals surface area contributed by atoms with Crippen molar-refractivity contribution in [1.29, 1.82) is 0 Å². The first kappa shape index (κ1) is 12.8. The highest BCUT2D eigenvalue weighted by Gasteiger charge is 2.55. The topological polar surface area (TPSA) is 40.5 Å². The first-order valence-electron chi connectivity index (χ1n) is 8.16. The molecule has 0 saturated heterocycles. The van der Waals surface area contributed by atoms with Crippen molar-refractivity contribution < 1.29 is 10.2 Å². The summed E-state index contributed by atoms with van der Waals surface area (Å²) in [5.41, 5.74) is 2.90. The van der Waals surface area contributed by atoms with E-state index in [0.29, 0.717) is 17.8 Å². The molecule has 2 saturated carbocycles. The Morgan fingerprint density at radius 3 is 2.75 bits per heavy atom. The van der Waals surface area contributed by atoms with Gasteiger partial charge in [0.1, 0.15) is 0 Å². The number of rotatable bonds is 1. The molecular formula is C18H24O2. The van der Waals surface area contributed by atoms with Gasteiger partial charge in [-0.05, 0) is 67.4 Å². The first-order chi connectivity index (χ1) is 9.72. The fourth-order valence-electron chi connectivity index (χ4n) is 5.68. The van der Waals surface area contributed by atoms with E-state index in [0.717, 1.165) is 19.3 Å². The third-order valence-electron chi connectivity index (χ3n) is 6.57.